The lowest BCUT2D eigenvalue weighted by Gasteiger charge is -2.21. The molecule has 0 aliphatic carbocycles. The Hall–Kier alpha value is -0.980. The van der Waals surface area contributed by atoms with Crippen molar-refractivity contribution >= 4 is 0 Å². The van der Waals surface area contributed by atoms with Crippen LogP contribution in [0.2, 0.25) is 0 Å². The van der Waals surface area contributed by atoms with E-state index < -0.39 is 0 Å². The number of unbranched alkanes of at least 4 members (excludes halogenated alkanes) is 3. The van der Waals surface area contributed by atoms with E-state index in [-0.39, 0.29) is 0 Å². The first kappa shape index (κ1) is 20.1. The Kier molecular flexibility index (Phi) is 9.36. The van der Waals surface area contributed by atoms with E-state index >= 15 is 0 Å². The standard InChI is InChI=1S/C22H38O/c1-6-9-12-17(4)20-15-19(14-11-8-3)16-21(22(20)23)18(5)13-10-7-2/h15-18,23H,6-14H2,1-5H3. The molecule has 0 saturated heterocycles. The van der Waals surface area contributed by atoms with Crippen molar-refractivity contribution in [3.8, 4) is 5.75 Å². The summed E-state index contributed by atoms with van der Waals surface area (Å²) in [6.07, 6.45) is 10.9. The highest BCUT2D eigenvalue weighted by Crippen LogP contribution is 2.38. The molecule has 132 valence electrons. The van der Waals surface area contributed by atoms with Gasteiger partial charge in [-0.1, -0.05) is 78.9 Å². The average Bonchev–Trinajstić information content (AvgIpc) is 2.56. The molecule has 0 fully saturated rings. The van der Waals surface area contributed by atoms with Crippen LogP contribution in [-0.2, 0) is 6.42 Å². The number of phenolic OH excluding ortho intramolecular Hbond substituents is 1. The van der Waals surface area contributed by atoms with Crippen LogP contribution < -0.4 is 0 Å². The van der Waals surface area contributed by atoms with E-state index in [2.05, 4.69) is 46.8 Å². The molecule has 23 heavy (non-hydrogen) atoms. The second kappa shape index (κ2) is 10.7. The highest BCUT2D eigenvalue weighted by atomic mass is 16.3. The average molecular weight is 319 g/mol. The van der Waals surface area contributed by atoms with Gasteiger partial charge in [-0.25, -0.2) is 0 Å². The third-order valence-electron chi connectivity index (χ3n) is 5.09. The molecule has 1 aromatic carbocycles. The van der Waals surface area contributed by atoms with Gasteiger partial charge >= 0.3 is 0 Å². The van der Waals surface area contributed by atoms with Crippen LogP contribution in [0.4, 0.5) is 0 Å². The van der Waals surface area contributed by atoms with Gasteiger partial charge in [-0.15, -0.1) is 0 Å². The molecule has 0 aromatic heterocycles. The number of hydrogen-bond donors (Lipinski definition) is 1. The summed E-state index contributed by atoms with van der Waals surface area (Å²) in [6.45, 7) is 11.3. The highest BCUT2D eigenvalue weighted by Gasteiger charge is 2.18. The molecule has 2 unspecified atom stereocenters. The van der Waals surface area contributed by atoms with E-state index in [4.69, 9.17) is 0 Å². The van der Waals surface area contributed by atoms with Crippen LogP contribution in [0.15, 0.2) is 12.1 Å². The fraction of sp³-hybridized carbons (Fsp3) is 0.727. The van der Waals surface area contributed by atoms with Gasteiger partial charge in [0.1, 0.15) is 5.75 Å². The monoisotopic (exact) mass is 318 g/mol. The van der Waals surface area contributed by atoms with E-state index in [0.29, 0.717) is 17.6 Å². The van der Waals surface area contributed by atoms with Gasteiger partial charge in [0.25, 0.3) is 0 Å². The van der Waals surface area contributed by atoms with Crippen molar-refractivity contribution in [2.75, 3.05) is 0 Å². The summed E-state index contributed by atoms with van der Waals surface area (Å²) in [5.41, 5.74) is 3.79. The van der Waals surface area contributed by atoms with E-state index in [0.717, 1.165) is 6.42 Å². The first-order valence-corrected chi connectivity index (χ1v) is 9.90. The molecule has 2 atom stereocenters. The Bertz CT molecular complexity index is 414. The quantitative estimate of drug-likeness (QED) is 0.453. The van der Waals surface area contributed by atoms with Gasteiger partial charge in [0.2, 0.25) is 0 Å². The van der Waals surface area contributed by atoms with Crippen LogP contribution in [0.5, 0.6) is 5.75 Å². The van der Waals surface area contributed by atoms with Gasteiger partial charge in [-0.3, -0.25) is 0 Å². The Labute approximate surface area is 144 Å². The molecular weight excluding hydrogens is 280 g/mol. The number of benzene rings is 1. The second-order valence-corrected chi connectivity index (χ2v) is 7.31. The number of phenols is 1. The van der Waals surface area contributed by atoms with E-state index in [1.165, 1.54) is 68.1 Å². The maximum Gasteiger partial charge on any atom is 0.122 e. The van der Waals surface area contributed by atoms with Crippen molar-refractivity contribution in [3.63, 3.8) is 0 Å². The lowest BCUT2D eigenvalue weighted by molar-refractivity contribution is 0.443. The van der Waals surface area contributed by atoms with Crippen LogP contribution in [0.3, 0.4) is 0 Å². The lowest BCUT2D eigenvalue weighted by atomic mass is 9.85. The first-order chi connectivity index (χ1) is 11.0. The molecule has 0 aliphatic heterocycles. The predicted molar refractivity (Wildman–Crippen MR) is 103 cm³/mol. The van der Waals surface area contributed by atoms with Gasteiger partial charge in [0, 0.05) is 0 Å². The number of aryl methyl sites for hydroxylation is 1. The van der Waals surface area contributed by atoms with Crippen LogP contribution in [-0.4, -0.2) is 5.11 Å². The van der Waals surface area contributed by atoms with Crippen molar-refractivity contribution in [2.24, 2.45) is 0 Å². The fourth-order valence-corrected chi connectivity index (χ4v) is 3.35. The molecule has 0 saturated carbocycles. The van der Waals surface area contributed by atoms with Gasteiger partial charge < -0.3 is 5.11 Å². The highest BCUT2D eigenvalue weighted by molar-refractivity contribution is 5.47. The summed E-state index contributed by atoms with van der Waals surface area (Å²) in [5, 5.41) is 10.9. The first-order valence-electron chi connectivity index (χ1n) is 9.90. The Balaban J connectivity index is 3.10. The van der Waals surface area contributed by atoms with E-state index in [1.807, 2.05) is 0 Å². The van der Waals surface area contributed by atoms with Gasteiger partial charge in [0.05, 0.1) is 0 Å². The number of hydrogen-bond acceptors (Lipinski definition) is 1. The summed E-state index contributed by atoms with van der Waals surface area (Å²) in [5.74, 6) is 1.49. The summed E-state index contributed by atoms with van der Waals surface area (Å²) in [7, 11) is 0. The molecule has 1 heteroatoms. The van der Waals surface area contributed by atoms with Gasteiger partial charge in [-0.05, 0) is 54.2 Å². The topological polar surface area (TPSA) is 20.2 Å². The van der Waals surface area contributed by atoms with Crippen molar-refractivity contribution in [1.82, 2.24) is 0 Å². The fourth-order valence-electron chi connectivity index (χ4n) is 3.35. The minimum absolute atomic E-state index is 0.452. The van der Waals surface area contributed by atoms with Crippen LogP contribution in [0.1, 0.15) is 115 Å². The van der Waals surface area contributed by atoms with Crippen LogP contribution >= 0.6 is 0 Å². The van der Waals surface area contributed by atoms with Crippen molar-refractivity contribution < 1.29 is 5.11 Å². The Morgan fingerprint density at radius 3 is 1.61 bits per heavy atom. The zero-order valence-electron chi connectivity index (χ0n) is 16.1. The SMILES string of the molecule is CCCCc1cc(C(C)CCCC)c(O)c(C(C)CCCC)c1. The molecule has 0 spiro atoms. The van der Waals surface area contributed by atoms with Crippen molar-refractivity contribution in [2.45, 2.75) is 104 Å². The molecule has 0 aliphatic rings. The van der Waals surface area contributed by atoms with Gasteiger partial charge in [-0.2, -0.15) is 0 Å². The summed E-state index contributed by atoms with van der Waals surface area (Å²) in [6, 6.07) is 4.56. The zero-order chi connectivity index (χ0) is 17.2. The smallest absolute Gasteiger partial charge is 0.122 e. The molecule has 1 rings (SSSR count). The van der Waals surface area contributed by atoms with Gasteiger partial charge in [0.15, 0.2) is 0 Å². The molecule has 1 nitrogen and oxygen atoms in total. The minimum Gasteiger partial charge on any atom is -0.507 e. The summed E-state index contributed by atoms with van der Waals surface area (Å²) in [4.78, 5) is 0. The number of aromatic hydroxyl groups is 1. The molecule has 1 aromatic rings. The van der Waals surface area contributed by atoms with Crippen LogP contribution in [0.25, 0.3) is 0 Å². The third-order valence-corrected chi connectivity index (χ3v) is 5.09. The molecule has 0 amide bonds. The molecule has 0 heterocycles. The minimum atomic E-state index is 0.452. The van der Waals surface area contributed by atoms with E-state index in [9.17, 15) is 5.11 Å². The summed E-state index contributed by atoms with van der Waals surface area (Å²) < 4.78 is 0. The maximum absolute atomic E-state index is 10.9. The van der Waals surface area contributed by atoms with Crippen molar-refractivity contribution in [3.05, 3.63) is 28.8 Å². The Morgan fingerprint density at radius 2 is 1.22 bits per heavy atom. The lowest BCUT2D eigenvalue weighted by Crippen LogP contribution is -2.03. The Morgan fingerprint density at radius 1 is 0.783 bits per heavy atom. The summed E-state index contributed by atoms with van der Waals surface area (Å²) >= 11 is 0. The van der Waals surface area contributed by atoms with E-state index in [1.54, 1.807) is 0 Å². The zero-order valence-corrected chi connectivity index (χ0v) is 16.1. The second-order valence-electron chi connectivity index (χ2n) is 7.31. The van der Waals surface area contributed by atoms with Crippen LogP contribution in [0, 0.1) is 0 Å². The predicted octanol–water partition coefficient (Wildman–Crippen LogP) is 7.32. The number of rotatable bonds is 11. The van der Waals surface area contributed by atoms with Crippen molar-refractivity contribution in [1.29, 1.82) is 0 Å². The third kappa shape index (κ3) is 6.20. The normalized spacial score (nSPS) is 14.0. The largest absolute Gasteiger partial charge is 0.507 e. The molecular formula is C22H38O. The molecule has 0 bridgehead atoms. The molecule has 0 radical (unpaired) electrons. The maximum atomic E-state index is 10.9. The molecule has 1 N–H and O–H groups in total.